The Labute approximate surface area is 126 Å². The van der Waals surface area contributed by atoms with Gasteiger partial charge in [0.2, 0.25) is 0 Å². The van der Waals surface area contributed by atoms with Crippen molar-refractivity contribution in [2.45, 2.75) is 19.4 Å². The third-order valence-corrected chi connectivity index (χ3v) is 3.78. The van der Waals surface area contributed by atoms with E-state index < -0.39 is 0 Å². The molecule has 1 aliphatic heterocycles. The zero-order valence-corrected chi connectivity index (χ0v) is 12.6. The molecule has 0 amide bonds. The first-order valence-corrected chi connectivity index (χ1v) is 7.48. The fraction of sp³-hybridized carbons (Fsp3) is 0.529. The van der Waals surface area contributed by atoms with Gasteiger partial charge in [0, 0.05) is 19.6 Å². The molecule has 0 aromatic heterocycles. The second kappa shape index (κ2) is 8.14. The van der Waals surface area contributed by atoms with E-state index in [1.807, 2.05) is 0 Å². The number of aliphatic hydroxyl groups excluding tert-OH is 1. The van der Waals surface area contributed by atoms with Crippen LogP contribution in [0.4, 0.5) is 4.39 Å². The van der Waals surface area contributed by atoms with Gasteiger partial charge < -0.3 is 14.9 Å². The Bertz CT molecular complexity index is 515. The van der Waals surface area contributed by atoms with Gasteiger partial charge in [-0.3, -0.25) is 0 Å². The van der Waals surface area contributed by atoms with Crippen molar-refractivity contribution < 1.29 is 9.50 Å². The Morgan fingerprint density at radius 2 is 2.10 bits per heavy atom. The van der Waals surface area contributed by atoms with E-state index in [0.29, 0.717) is 5.56 Å². The summed E-state index contributed by atoms with van der Waals surface area (Å²) in [6, 6.07) is 5.02. The van der Waals surface area contributed by atoms with Gasteiger partial charge in [0.05, 0.1) is 5.56 Å². The maximum absolute atomic E-state index is 13.6. The number of rotatable bonds is 5. The maximum Gasteiger partial charge on any atom is 0.138 e. The minimum atomic E-state index is -0.334. The molecule has 0 saturated carbocycles. The Morgan fingerprint density at radius 1 is 1.33 bits per heavy atom. The third-order valence-electron chi connectivity index (χ3n) is 3.78. The molecule has 4 heteroatoms. The molecular formula is C17H23FN2O. The van der Waals surface area contributed by atoms with Gasteiger partial charge in [-0.1, -0.05) is 17.9 Å². The van der Waals surface area contributed by atoms with Crippen molar-refractivity contribution in [2.75, 3.05) is 39.8 Å². The standard InChI is InChI=1S/C17H23FN2O/c1-19(10-11-20-8-2-3-9-20)14-15-6-7-17(18)16(13-15)5-4-12-21/h6-7,13,21H,2-3,8-12,14H2,1H3. The van der Waals surface area contributed by atoms with Crippen LogP contribution in [0.3, 0.4) is 0 Å². The molecule has 0 atom stereocenters. The molecule has 21 heavy (non-hydrogen) atoms. The number of hydrogen-bond acceptors (Lipinski definition) is 3. The minimum absolute atomic E-state index is 0.251. The first-order chi connectivity index (χ1) is 10.2. The number of aliphatic hydroxyl groups is 1. The van der Waals surface area contributed by atoms with Crippen molar-refractivity contribution >= 4 is 0 Å². The van der Waals surface area contributed by atoms with Crippen LogP contribution in [0.5, 0.6) is 0 Å². The zero-order valence-electron chi connectivity index (χ0n) is 12.6. The highest BCUT2D eigenvalue weighted by Gasteiger charge is 2.12. The number of hydrogen-bond donors (Lipinski definition) is 1. The summed E-state index contributed by atoms with van der Waals surface area (Å²) in [7, 11) is 2.08. The number of benzene rings is 1. The van der Waals surface area contributed by atoms with Gasteiger partial charge in [-0.25, -0.2) is 4.39 Å². The highest BCUT2D eigenvalue weighted by atomic mass is 19.1. The summed E-state index contributed by atoms with van der Waals surface area (Å²) in [6.45, 7) is 5.06. The van der Waals surface area contributed by atoms with Crippen LogP contribution in [-0.4, -0.2) is 54.7 Å². The van der Waals surface area contributed by atoms with E-state index in [-0.39, 0.29) is 12.4 Å². The van der Waals surface area contributed by atoms with Crippen molar-refractivity contribution in [3.63, 3.8) is 0 Å². The number of likely N-dealkylation sites (N-methyl/N-ethyl adjacent to an activating group) is 1. The van der Waals surface area contributed by atoms with Crippen LogP contribution < -0.4 is 0 Å². The topological polar surface area (TPSA) is 26.7 Å². The molecule has 1 aromatic rings. The fourth-order valence-corrected chi connectivity index (χ4v) is 2.61. The summed E-state index contributed by atoms with van der Waals surface area (Å²) in [6.07, 6.45) is 2.63. The fourth-order valence-electron chi connectivity index (χ4n) is 2.61. The van der Waals surface area contributed by atoms with E-state index in [1.165, 1.54) is 32.0 Å². The molecule has 1 aliphatic rings. The van der Waals surface area contributed by atoms with Crippen LogP contribution in [-0.2, 0) is 6.54 Å². The Kier molecular flexibility index (Phi) is 6.19. The smallest absolute Gasteiger partial charge is 0.138 e. The lowest BCUT2D eigenvalue weighted by Gasteiger charge is -2.21. The SMILES string of the molecule is CN(CCN1CCCC1)Cc1ccc(F)c(C#CCO)c1. The molecule has 0 aliphatic carbocycles. The van der Waals surface area contributed by atoms with Crippen LogP contribution >= 0.6 is 0 Å². The molecule has 1 heterocycles. The van der Waals surface area contributed by atoms with Crippen LogP contribution in [0.1, 0.15) is 24.0 Å². The first-order valence-electron chi connectivity index (χ1n) is 7.48. The van der Waals surface area contributed by atoms with E-state index in [2.05, 4.69) is 28.7 Å². The normalized spacial score (nSPS) is 15.2. The zero-order chi connectivity index (χ0) is 15.1. The molecular weight excluding hydrogens is 267 g/mol. The molecule has 114 valence electrons. The molecule has 0 bridgehead atoms. The van der Waals surface area contributed by atoms with E-state index in [4.69, 9.17) is 5.11 Å². The van der Waals surface area contributed by atoms with Crippen molar-refractivity contribution in [1.29, 1.82) is 0 Å². The summed E-state index contributed by atoms with van der Waals surface area (Å²) in [5.41, 5.74) is 1.40. The first kappa shape index (κ1) is 16.0. The van der Waals surface area contributed by atoms with Crippen LogP contribution in [0.2, 0.25) is 0 Å². The third kappa shape index (κ3) is 5.13. The van der Waals surface area contributed by atoms with E-state index in [9.17, 15) is 4.39 Å². The highest BCUT2D eigenvalue weighted by molar-refractivity contribution is 5.38. The average Bonchev–Trinajstić information content (AvgIpc) is 2.99. The molecule has 1 N–H and O–H groups in total. The monoisotopic (exact) mass is 290 g/mol. The summed E-state index contributed by atoms with van der Waals surface area (Å²) in [4.78, 5) is 4.73. The van der Waals surface area contributed by atoms with Crippen LogP contribution in [0.25, 0.3) is 0 Å². The lowest BCUT2D eigenvalue weighted by atomic mass is 10.1. The van der Waals surface area contributed by atoms with Crippen LogP contribution in [0, 0.1) is 17.7 Å². The average molecular weight is 290 g/mol. The molecule has 1 saturated heterocycles. The molecule has 3 nitrogen and oxygen atoms in total. The van der Waals surface area contributed by atoms with Gasteiger partial charge in [-0.05, 0) is 50.7 Å². The molecule has 0 unspecified atom stereocenters. The molecule has 0 spiro atoms. The Morgan fingerprint density at radius 3 is 2.81 bits per heavy atom. The number of halogens is 1. The van der Waals surface area contributed by atoms with Crippen molar-refractivity contribution in [3.05, 3.63) is 35.1 Å². The summed E-state index contributed by atoms with van der Waals surface area (Å²) in [5.74, 6) is 4.81. The van der Waals surface area contributed by atoms with Crippen molar-refractivity contribution in [2.24, 2.45) is 0 Å². The Hall–Kier alpha value is -1.41. The summed E-state index contributed by atoms with van der Waals surface area (Å²) in [5, 5.41) is 8.70. The van der Waals surface area contributed by atoms with Gasteiger partial charge in [-0.15, -0.1) is 0 Å². The van der Waals surface area contributed by atoms with Gasteiger partial charge in [0.15, 0.2) is 0 Å². The van der Waals surface area contributed by atoms with Crippen LogP contribution in [0.15, 0.2) is 18.2 Å². The second-order valence-corrected chi connectivity index (χ2v) is 5.56. The quantitative estimate of drug-likeness (QED) is 0.836. The largest absolute Gasteiger partial charge is 0.384 e. The maximum atomic E-state index is 13.6. The number of likely N-dealkylation sites (tertiary alicyclic amines) is 1. The minimum Gasteiger partial charge on any atom is -0.384 e. The second-order valence-electron chi connectivity index (χ2n) is 5.56. The molecule has 1 fully saturated rings. The molecule has 1 aromatic carbocycles. The van der Waals surface area contributed by atoms with Crippen molar-refractivity contribution in [1.82, 2.24) is 9.80 Å². The molecule has 0 radical (unpaired) electrons. The van der Waals surface area contributed by atoms with E-state index >= 15 is 0 Å². The summed E-state index contributed by atoms with van der Waals surface area (Å²) < 4.78 is 13.6. The highest BCUT2D eigenvalue weighted by Crippen LogP contribution is 2.12. The summed E-state index contributed by atoms with van der Waals surface area (Å²) >= 11 is 0. The predicted octanol–water partition coefficient (Wildman–Crippen LogP) is 1.70. The predicted molar refractivity (Wildman–Crippen MR) is 82.4 cm³/mol. The lowest BCUT2D eigenvalue weighted by Crippen LogP contribution is -2.31. The van der Waals surface area contributed by atoms with Crippen molar-refractivity contribution in [3.8, 4) is 11.8 Å². The van der Waals surface area contributed by atoms with Gasteiger partial charge in [-0.2, -0.15) is 0 Å². The van der Waals surface area contributed by atoms with Gasteiger partial charge in [0.1, 0.15) is 12.4 Å². The Balaban J connectivity index is 1.89. The molecule has 2 rings (SSSR count). The van der Waals surface area contributed by atoms with E-state index in [0.717, 1.165) is 25.2 Å². The van der Waals surface area contributed by atoms with E-state index in [1.54, 1.807) is 12.1 Å². The number of nitrogens with zero attached hydrogens (tertiary/aromatic N) is 2. The van der Waals surface area contributed by atoms with Gasteiger partial charge >= 0.3 is 0 Å². The van der Waals surface area contributed by atoms with Gasteiger partial charge in [0.25, 0.3) is 0 Å². The lowest BCUT2D eigenvalue weighted by molar-refractivity contribution is 0.252.